The lowest BCUT2D eigenvalue weighted by molar-refractivity contribution is -0.0366. The predicted molar refractivity (Wildman–Crippen MR) is 197 cm³/mol. The van der Waals surface area contributed by atoms with Gasteiger partial charge < -0.3 is 24.4 Å². The fourth-order valence-corrected chi connectivity index (χ4v) is 8.83. The molecule has 4 aliphatic rings. The van der Waals surface area contributed by atoms with E-state index in [4.69, 9.17) is 31.3 Å². The molecule has 5 heterocycles. The number of aliphatic hydroxyl groups excluding tert-OH is 1. The van der Waals surface area contributed by atoms with Gasteiger partial charge in [0.15, 0.2) is 12.0 Å². The van der Waals surface area contributed by atoms with Gasteiger partial charge in [-0.3, -0.25) is 9.58 Å². The van der Waals surface area contributed by atoms with Gasteiger partial charge in [0.25, 0.3) is 0 Å². The molecule has 12 heteroatoms. The second-order valence-electron chi connectivity index (χ2n) is 16.8. The minimum atomic E-state index is -0.528. The van der Waals surface area contributed by atoms with Crippen LogP contribution in [-0.2, 0) is 9.47 Å². The van der Waals surface area contributed by atoms with Crippen LogP contribution in [0.15, 0.2) is 12.3 Å². The molecule has 7 rings (SSSR count). The largest absolute Gasteiger partial charge is 0.444 e. The molecule has 3 saturated heterocycles. The Bertz CT molecular complexity index is 1720. The third-order valence-corrected chi connectivity index (χ3v) is 12.2. The van der Waals surface area contributed by atoms with Gasteiger partial charge in [0, 0.05) is 67.1 Å². The molecule has 0 bridgehead atoms. The van der Waals surface area contributed by atoms with Gasteiger partial charge in [0.1, 0.15) is 5.60 Å². The molecule has 3 aliphatic heterocycles. The van der Waals surface area contributed by atoms with E-state index >= 15 is 0 Å². The maximum absolute atomic E-state index is 12.9. The van der Waals surface area contributed by atoms with Gasteiger partial charge in [-0.15, -0.1) is 0 Å². The second-order valence-corrected chi connectivity index (χ2v) is 17.2. The Kier molecular flexibility index (Phi) is 9.44. The summed E-state index contributed by atoms with van der Waals surface area (Å²) in [5.74, 6) is 0.980. The Morgan fingerprint density at radius 2 is 1.76 bits per heavy atom. The predicted octanol–water partition coefficient (Wildman–Crippen LogP) is 7.26. The Balaban J connectivity index is 1.33. The van der Waals surface area contributed by atoms with Gasteiger partial charge in [-0.25, -0.2) is 9.48 Å². The van der Waals surface area contributed by atoms with Gasteiger partial charge in [0.2, 0.25) is 0 Å². The SMILES string of the molecule is Cc1cc2c(cnn2C2CCCCO2)c(-c2c(N3CCN(C(C)(C)CO)CC34CCC4)nn(C3CCN(C(=O)OC(C)(C)C)CC3)c2C)c1Cl. The quantitative estimate of drug-likeness (QED) is 0.286. The average Bonchev–Trinajstić information content (AvgIpc) is 3.64. The molecule has 1 saturated carbocycles. The van der Waals surface area contributed by atoms with Crippen molar-refractivity contribution in [2.24, 2.45) is 0 Å². The van der Waals surface area contributed by atoms with Crippen LogP contribution in [-0.4, -0.2) is 103 Å². The number of ether oxygens (including phenoxy) is 2. The number of carbonyl (C=O) groups excluding carboxylic acids is 1. The van der Waals surface area contributed by atoms with Crippen LogP contribution in [0.25, 0.3) is 22.0 Å². The van der Waals surface area contributed by atoms with Crippen LogP contribution in [0.1, 0.15) is 110 Å². The van der Waals surface area contributed by atoms with Crippen molar-refractivity contribution in [3.8, 4) is 11.1 Å². The number of fused-ring (bicyclic) bond motifs is 1. The van der Waals surface area contributed by atoms with Gasteiger partial charge in [-0.1, -0.05) is 11.6 Å². The number of aliphatic hydroxyl groups is 1. The molecule has 1 atom stereocenters. The van der Waals surface area contributed by atoms with Crippen LogP contribution in [0.5, 0.6) is 0 Å². The second kappa shape index (κ2) is 13.3. The molecule has 11 nitrogen and oxygen atoms in total. The van der Waals surface area contributed by atoms with Crippen molar-refractivity contribution in [2.45, 2.75) is 129 Å². The van der Waals surface area contributed by atoms with Crippen molar-refractivity contribution < 1.29 is 19.4 Å². The molecule has 4 fully saturated rings. The number of rotatable bonds is 6. The summed E-state index contributed by atoms with van der Waals surface area (Å²) < 4.78 is 16.2. The molecule has 0 radical (unpaired) electrons. The van der Waals surface area contributed by atoms with Crippen molar-refractivity contribution in [3.05, 3.63) is 28.5 Å². The van der Waals surface area contributed by atoms with Crippen molar-refractivity contribution in [1.29, 1.82) is 0 Å². The first-order valence-corrected chi connectivity index (χ1v) is 19.1. The Morgan fingerprint density at radius 1 is 1.02 bits per heavy atom. The average molecular weight is 710 g/mol. The highest BCUT2D eigenvalue weighted by atomic mass is 35.5. The third-order valence-electron chi connectivity index (χ3n) is 11.7. The third kappa shape index (κ3) is 6.30. The summed E-state index contributed by atoms with van der Waals surface area (Å²) in [5.41, 5.74) is 4.29. The highest BCUT2D eigenvalue weighted by Gasteiger charge is 2.50. The summed E-state index contributed by atoms with van der Waals surface area (Å²) in [6.07, 6.45) is 9.68. The summed E-state index contributed by atoms with van der Waals surface area (Å²) in [4.78, 5) is 19.8. The van der Waals surface area contributed by atoms with Gasteiger partial charge in [0.05, 0.1) is 34.9 Å². The number of benzene rings is 1. The highest BCUT2D eigenvalue weighted by molar-refractivity contribution is 6.36. The van der Waals surface area contributed by atoms with E-state index in [9.17, 15) is 9.90 Å². The van der Waals surface area contributed by atoms with Gasteiger partial charge in [-0.2, -0.15) is 10.2 Å². The molecule has 1 spiro atoms. The number of likely N-dealkylation sites (tertiary alicyclic amines) is 1. The number of halogens is 1. The fourth-order valence-electron chi connectivity index (χ4n) is 8.58. The van der Waals surface area contributed by atoms with Crippen LogP contribution >= 0.6 is 11.6 Å². The topological polar surface area (TPSA) is 101 Å². The fraction of sp³-hybridized carbons (Fsp3) is 0.711. The molecule has 2 aromatic heterocycles. The zero-order valence-electron chi connectivity index (χ0n) is 31.1. The smallest absolute Gasteiger partial charge is 0.410 e. The molecule has 1 N–H and O–H groups in total. The van der Waals surface area contributed by atoms with E-state index in [-0.39, 0.29) is 36.0 Å². The maximum atomic E-state index is 12.9. The first kappa shape index (κ1) is 35.5. The van der Waals surface area contributed by atoms with E-state index in [0.29, 0.717) is 13.1 Å². The van der Waals surface area contributed by atoms with Crippen molar-refractivity contribution in [3.63, 3.8) is 0 Å². The first-order valence-electron chi connectivity index (χ1n) is 18.7. The minimum absolute atomic E-state index is 0.0688. The van der Waals surface area contributed by atoms with Crippen LogP contribution in [0, 0.1) is 13.8 Å². The standard InChI is InChI=1S/C38H56ClN7O4/c1-25-21-29-28(22-40-46(29)30-11-8-9-20-49-30)32(33(25)39)31-26(2)45(27-12-16-42(17-13-27)35(48)50-36(3,4)5)41-34(31)44-19-18-43(37(6,7)24-47)23-38(44)14-10-15-38/h21-22,27,30,47H,8-20,23-24H2,1-7H3. The molecule has 3 aromatic rings. The van der Waals surface area contributed by atoms with Gasteiger partial charge in [-0.05, 0) is 111 Å². The summed E-state index contributed by atoms with van der Waals surface area (Å²) in [6, 6.07) is 2.28. The van der Waals surface area contributed by atoms with Crippen molar-refractivity contribution >= 4 is 34.4 Å². The lowest BCUT2D eigenvalue weighted by Crippen LogP contribution is -2.69. The molecule has 1 amide bonds. The summed E-state index contributed by atoms with van der Waals surface area (Å²) >= 11 is 7.39. The monoisotopic (exact) mass is 709 g/mol. The Hall–Kier alpha value is -2.86. The molecule has 50 heavy (non-hydrogen) atoms. The molecular formula is C38H56ClN7O4. The van der Waals surface area contributed by atoms with Gasteiger partial charge >= 0.3 is 6.09 Å². The number of aryl methyl sites for hydroxylation is 1. The first-order chi connectivity index (χ1) is 23.7. The maximum Gasteiger partial charge on any atom is 0.410 e. The van der Waals surface area contributed by atoms with Crippen LogP contribution < -0.4 is 4.90 Å². The van der Waals surface area contributed by atoms with E-state index < -0.39 is 5.60 Å². The lowest BCUT2D eigenvalue weighted by Gasteiger charge is -2.59. The van der Waals surface area contributed by atoms with Crippen LogP contribution in [0.3, 0.4) is 0 Å². The number of amides is 1. The molecule has 1 aromatic carbocycles. The summed E-state index contributed by atoms with van der Waals surface area (Å²) in [6.45, 7) is 18.9. The van der Waals surface area contributed by atoms with E-state index in [1.807, 2.05) is 31.9 Å². The Morgan fingerprint density at radius 3 is 2.38 bits per heavy atom. The van der Waals surface area contributed by atoms with Crippen LogP contribution in [0.4, 0.5) is 10.6 Å². The molecular weight excluding hydrogens is 654 g/mol. The van der Waals surface area contributed by atoms with E-state index in [1.165, 1.54) is 6.42 Å². The van der Waals surface area contributed by atoms with Crippen molar-refractivity contribution in [1.82, 2.24) is 29.4 Å². The number of piperazine rings is 1. The van der Waals surface area contributed by atoms with E-state index in [2.05, 4.69) is 52.9 Å². The number of hydrogen-bond donors (Lipinski definition) is 1. The molecule has 1 unspecified atom stereocenters. The minimum Gasteiger partial charge on any atom is -0.444 e. The van der Waals surface area contributed by atoms with E-state index in [1.54, 1.807) is 0 Å². The zero-order valence-corrected chi connectivity index (χ0v) is 31.9. The van der Waals surface area contributed by atoms with Crippen molar-refractivity contribution in [2.75, 3.05) is 50.8 Å². The Labute approximate surface area is 301 Å². The molecule has 274 valence electrons. The molecule has 1 aliphatic carbocycles. The zero-order chi connectivity index (χ0) is 35.6. The number of hydrogen-bond acceptors (Lipinski definition) is 8. The van der Waals surface area contributed by atoms with E-state index in [0.717, 1.165) is 115 Å². The number of aromatic nitrogens is 4. The normalized spacial score (nSPS) is 22.4. The lowest BCUT2D eigenvalue weighted by atomic mass is 9.72. The highest BCUT2D eigenvalue weighted by Crippen LogP contribution is 2.50. The van der Waals surface area contributed by atoms with Crippen LogP contribution in [0.2, 0.25) is 5.02 Å². The number of anilines is 1. The summed E-state index contributed by atoms with van der Waals surface area (Å²) in [5, 5.41) is 22.5. The number of piperidine rings is 1. The summed E-state index contributed by atoms with van der Waals surface area (Å²) in [7, 11) is 0. The number of nitrogens with zero attached hydrogens (tertiary/aromatic N) is 7. The number of carbonyl (C=O) groups is 1.